The normalized spacial score (nSPS) is 25.9. The van der Waals surface area contributed by atoms with E-state index in [9.17, 15) is 29.7 Å². The third-order valence-corrected chi connectivity index (χ3v) is 8.81. The lowest BCUT2D eigenvalue weighted by molar-refractivity contribution is -0.118. The molecule has 3 amide bonds. The van der Waals surface area contributed by atoms with Gasteiger partial charge in [-0.3, -0.25) is 14.4 Å². The minimum absolute atomic E-state index is 0. The average molecular weight is 665 g/mol. The minimum atomic E-state index is -0.530. The summed E-state index contributed by atoms with van der Waals surface area (Å²) in [6.45, 7) is 1.18. The molecule has 3 aliphatic heterocycles. The third-order valence-electron chi connectivity index (χ3n) is 8.81. The van der Waals surface area contributed by atoms with Crippen molar-refractivity contribution in [2.24, 2.45) is 0 Å². The molecular weight excluding hydrogens is 624 g/mol. The van der Waals surface area contributed by atoms with Gasteiger partial charge in [0.2, 0.25) is 17.7 Å². The number of rotatable bonds is 9. The SMILES string of the molecule is Cl.O=C(Nc1ccc(C(c2ccc(NC(=O)[C@@H]3CC(O)CN3)cc2)c2ccc(NC(=O)[C@@H]3CC(O)CN3)cc2)cc1)[C@@H]1CC(O)CN1. The van der Waals surface area contributed by atoms with Crippen molar-refractivity contribution in [2.45, 2.75) is 61.6 Å². The Morgan fingerprint density at radius 1 is 0.511 bits per heavy atom. The number of hydrogen-bond donors (Lipinski definition) is 9. The van der Waals surface area contributed by atoms with Crippen molar-refractivity contribution in [3.63, 3.8) is 0 Å². The molecule has 3 aliphatic rings. The number of aliphatic hydroxyl groups is 3. The van der Waals surface area contributed by atoms with E-state index in [1.54, 1.807) is 0 Å². The third kappa shape index (κ3) is 8.54. The van der Waals surface area contributed by atoms with Gasteiger partial charge in [-0.25, -0.2) is 0 Å². The molecule has 250 valence electrons. The first-order valence-corrected chi connectivity index (χ1v) is 15.7. The van der Waals surface area contributed by atoms with E-state index in [0.29, 0.717) is 56.0 Å². The fourth-order valence-corrected chi connectivity index (χ4v) is 6.29. The van der Waals surface area contributed by atoms with E-state index in [2.05, 4.69) is 31.9 Å². The van der Waals surface area contributed by atoms with E-state index in [-0.39, 0.29) is 36.0 Å². The summed E-state index contributed by atoms with van der Waals surface area (Å²) in [7, 11) is 0. The lowest BCUT2D eigenvalue weighted by Crippen LogP contribution is -2.35. The number of anilines is 3. The number of aliphatic hydroxyl groups excluding tert-OH is 3. The molecule has 3 aromatic rings. The molecule has 0 bridgehead atoms. The second kappa shape index (κ2) is 15.3. The molecule has 0 aromatic heterocycles. The van der Waals surface area contributed by atoms with Crippen LogP contribution in [0, 0.1) is 0 Å². The summed E-state index contributed by atoms with van der Waals surface area (Å²) in [5.41, 5.74) is 4.83. The van der Waals surface area contributed by atoms with Crippen molar-refractivity contribution >= 4 is 47.2 Å². The van der Waals surface area contributed by atoms with E-state index in [1.807, 2.05) is 72.8 Å². The van der Waals surface area contributed by atoms with Gasteiger partial charge in [0.15, 0.2) is 0 Å². The van der Waals surface area contributed by atoms with Gasteiger partial charge in [-0.1, -0.05) is 36.4 Å². The van der Waals surface area contributed by atoms with Gasteiger partial charge in [-0.2, -0.15) is 0 Å². The van der Waals surface area contributed by atoms with E-state index in [0.717, 1.165) is 16.7 Å². The van der Waals surface area contributed by atoms with Crippen molar-refractivity contribution < 1.29 is 29.7 Å². The number of benzene rings is 3. The van der Waals surface area contributed by atoms with Crippen LogP contribution in [0.15, 0.2) is 72.8 Å². The molecular formula is C34H41ClN6O6. The second-order valence-electron chi connectivity index (χ2n) is 12.3. The molecule has 3 saturated heterocycles. The smallest absolute Gasteiger partial charge is 0.241 e. The molecule has 0 aliphatic carbocycles. The maximum absolute atomic E-state index is 12.7. The largest absolute Gasteiger partial charge is 0.392 e. The lowest BCUT2D eigenvalue weighted by atomic mass is 9.85. The summed E-state index contributed by atoms with van der Waals surface area (Å²) < 4.78 is 0. The Kier molecular flexibility index (Phi) is 11.3. The molecule has 3 unspecified atom stereocenters. The van der Waals surface area contributed by atoms with Crippen LogP contribution in [-0.4, -0.2) is 89.1 Å². The van der Waals surface area contributed by atoms with E-state index >= 15 is 0 Å². The molecule has 12 nitrogen and oxygen atoms in total. The van der Waals surface area contributed by atoms with Crippen molar-refractivity contribution in [1.29, 1.82) is 0 Å². The standard InChI is InChI=1S/C34H40N6O6.ClH/c41-25-13-28(35-16-25)32(44)38-22-7-1-19(2-8-22)31(20-3-9-23(10-4-20)39-33(45)29-14-26(42)17-36-29)21-5-11-24(12-6-21)40-34(46)30-15-27(43)18-37-30;/h1-12,25-31,35-37,41-43H,13-18H2,(H,38,44)(H,39,45)(H,40,46);1H/t25?,26?,27?,28-,29-,30-,31?;/m0./s1. The summed E-state index contributed by atoms with van der Waals surface area (Å²) >= 11 is 0. The first-order valence-electron chi connectivity index (χ1n) is 15.7. The maximum atomic E-state index is 12.7. The van der Waals surface area contributed by atoms with Crippen LogP contribution in [0.4, 0.5) is 17.1 Å². The monoisotopic (exact) mass is 664 g/mol. The van der Waals surface area contributed by atoms with Crippen LogP contribution in [0.1, 0.15) is 41.9 Å². The Morgan fingerprint density at radius 2 is 0.766 bits per heavy atom. The van der Waals surface area contributed by atoms with Crippen LogP contribution in [0.2, 0.25) is 0 Å². The van der Waals surface area contributed by atoms with Crippen LogP contribution in [0.5, 0.6) is 0 Å². The zero-order valence-corrected chi connectivity index (χ0v) is 26.5. The summed E-state index contributed by atoms with van der Waals surface area (Å²) in [6.07, 6.45) is -0.473. The van der Waals surface area contributed by atoms with E-state index in [1.165, 1.54) is 0 Å². The zero-order valence-electron chi connectivity index (χ0n) is 25.7. The maximum Gasteiger partial charge on any atom is 0.241 e. The van der Waals surface area contributed by atoms with Crippen LogP contribution >= 0.6 is 12.4 Å². The number of carbonyl (C=O) groups is 3. The predicted octanol–water partition coefficient (Wildman–Crippen LogP) is 1.27. The zero-order chi connectivity index (χ0) is 32.2. The second-order valence-corrected chi connectivity index (χ2v) is 12.3. The quantitative estimate of drug-likeness (QED) is 0.152. The first-order chi connectivity index (χ1) is 22.2. The Balaban J connectivity index is 0.00000433. The number of carbonyl (C=O) groups excluding carboxylic acids is 3. The van der Waals surface area contributed by atoms with Gasteiger partial charge in [0.05, 0.1) is 36.4 Å². The van der Waals surface area contributed by atoms with Crippen LogP contribution in [0.25, 0.3) is 0 Å². The first kappa shape index (κ1) is 34.5. The molecule has 6 atom stereocenters. The molecule has 3 heterocycles. The van der Waals surface area contributed by atoms with E-state index < -0.39 is 36.4 Å². The fourth-order valence-electron chi connectivity index (χ4n) is 6.29. The number of β-amino-alcohol motifs (C(OH)–C–C–N with tert-alkyl or cyclic N) is 3. The van der Waals surface area contributed by atoms with Gasteiger partial charge in [0.1, 0.15) is 0 Å². The number of amides is 3. The fraction of sp³-hybridized carbons (Fsp3) is 0.382. The van der Waals surface area contributed by atoms with Crippen molar-refractivity contribution in [1.82, 2.24) is 16.0 Å². The highest BCUT2D eigenvalue weighted by Crippen LogP contribution is 2.34. The van der Waals surface area contributed by atoms with Crippen LogP contribution in [0.3, 0.4) is 0 Å². The van der Waals surface area contributed by atoms with Crippen LogP contribution < -0.4 is 31.9 Å². The van der Waals surface area contributed by atoms with Gasteiger partial charge in [0.25, 0.3) is 0 Å². The Labute approximate surface area is 279 Å². The summed E-state index contributed by atoms with van der Waals surface area (Å²) in [6, 6.07) is 21.5. The average Bonchev–Trinajstić information content (AvgIpc) is 3.81. The summed E-state index contributed by atoms with van der Waals surface area (Å²) in [4.78, 5) is 38.0. The molecule has 9 N–H and O–H groups in total. The molecule has 13 heteroatoms. The van der Waals surface area contributed by atoms with E-state index in [4.69, 9.17) is 0 Å². The summed E-state index contributed by atoms with van der Waals surface area (Å²) in [5.74, 6) is -0.786. The highest BCUT2D eigenvalue weighted by molar-refractivity contribution is 5.96. The molecule has 0 saturated carbocycles. The van der Waals surface area contributed by atoms with Crippen molar-refractivity contribution in [3.05, 3.63) is 89.5 Å². The summed E-state index contributed by atoms with van der Waals surface area (Å²) in [5, 5.41) is 47.1. The van der Waals surface area contributed by atoms with Gasteiger partial charge in [-0.15, -0.1) is 12.4 Å². The predicted molar refractivity (Wildman–Crippen MR) is 181 cm³/mol. The topological polar surface area (TPSA) is 184 Å². The van der Waals surface area contributed by atoms with Gasteiger partial charge < -0.3 is 47.2 Å². The molecule has 3 aromatic carbocycles. The molecule has 47 heavy (non-hydrogen) atoms. The highest BCUT2D eigenvalue weighted by atomic mass is 35.5. The van der Waals surface area contributed by atoms with Gasteiger partial charge >= 0.3 is 0 Å². The molecule has 0 spiro atoms. The Hall–Kier alpha value is -3.88. The van der Waals surface area contributed by atoms with Gasteiger partial charge in [-0.05, 0) is 72.4 Å². The number of nitrogens with one attached hydrogen (secondary N) is 6. The minimum Gasteiger partial charge on any atom is -0.392 e. The van der Waals surface area contributed by atoms with Crippen molar-refractivity contribution in [3.8, 4) is 0 Å². The number of halogens is 1. The number of hydrogen-bond acceptors (Lipinski definition) is 9. The molecule has 6 rings (SSSR count). The molecule has 0 radical (unpaired) electrons. The van der Waals surface area contributed by atoms with Crippen molar-refractivity contribution in [2.75, 3.05) is 35.6 Å². The molecule has 3 fully saturated rings. The lowest BCUT2D eigenvalue weighted by Gasteiger charge is -2.21. The Morgan fingerprint density at radius 3 is 0.979 bits per heavy atom. The van der Waals surface area contributed by atoms with Crippen LogP contribution in [-0.2, 0) is 14.4 Å². The van der Waals surface area contributed by atoms with Gasteiger partial charge in [0, 0.05) is 42.6 Å². The highest BCUT2D eigenvalue weighted by Gasteiger charge is 2.30. The Bertz CT molecular complexity index is 1360.